The van der Waals surface area contributed by atoms with Crippen LogP contribution in [0.1, 0.15) is 24.1 Å². The van der Waals surface area contributed by atoms with Crippen LogP contribution in [0.5, 0.6) is 11.5 Å². The molecule has 2 aromatic rings. The van der Waals surface area contributed by atoms with Crippen molar-refractivity contribution in [1.82, 2.24) is 0 Å². The maximum Gasteiger partial charge on any atom is 0.168 e. The van der Waals surface area contributed by atoms with Crippen LogP contribution >= 0.6 is 0 Å². The second-order valence-electron chi connectivity index (χ2n) is 4.96. The fourth-order valence-electron chi connectivity index (χ4n) is 2.20. The van der Waals surface area contributed by atoms with Crippen LogP contribution in [0, 0.1) is 6.92 Å². The van der Waals surface area contributed by atoms with E-state index in [9.17, 15) is 0 Å². The first-order valence-corrected chi connectivity index (χ1v) is 6.65. The van der Waals surface area contributed by atoms with E-state index in [1.807, 2.05) is 13.0 Å². The molecule has 0 aliphatic carbocycles. The molecule has 0 bridgehead atoms. The highest BCUT2D eigenvalue weighted by atomic mass is 16.5. The van der Waals surface area contributed by atoms with Crippen molar-refractivity contribution in [2.75, 3.05) is 14.2 Å². The van der Waals surface area contributed by atoms with E-state index < -0.39 is 0 Å². The first-order chi connectivity index (χ1) is 9.56. The molecule has 2 N–H and O–H groups in total. The Balaban J connectivity index is 2.65. The highest BCUT2D eigenvalue weighted by Gasteiger charge is 2.15. The van der Waals surface area contributed by atoms with Gasteiger partial charge in [-0.05, 0) is 37.1 Å². The summed E-state index contributed by atoms with van der Waals surface area (Å²) in [5, 5.41) is 0. The van der Waals surface area contributed by atoms with Crippen molar-refractivity contribution in [1.29, 1.82) is 0 Å². The summed E-state index contributed by atoms with van der Waals surface area (Å²) in [6, 6.07) is 12.3. The van der Waals surface area contributed by atoms with Crippen LogP contribution in [-0.4, -0.2) is 14.2 Å². The molecule has 1 atom stereocenters. The zero-order valence-electron chi connectivity index (χ0n) is 12.4. The lowest BCUT2D eigenvalue weighted by molar-refractivity contribution is 0.355. The number of hydrogen-bond acceptors (Lipinski definition) is 3. The van der Waals surface area contributed by atoms with Crippen molar-refractivity contribution in [2.45, 2.75) is 19.9 Å². The molecule has 106 valence electrons. The molecule has 0 radical (unpaired) electrons. The minimum Gasteiger partial charge on any atom is -0.493 e. The first-order valence-electron chi connectivity index (χ1n) is 6.65. The number of rotatable bonds is 4. The molecule has 20 heavy (non-hydrogen) atoms. The molecular formula is C17H21NO2. The molecule has 2 rings (SSSR count). The summed E-state index contributed by atoms with van der Waals surface area (Å²) in [7, 11) is 3.29. The van der Waals surface area contributed by atoms with E-state index in [2.05, 4.69) is 37.3 Å². The summed E-state index contributed by atoms with van der Waals surface area (Å²) in [6.45, 7) is 4.03. The molecule has 1 unspecified atom stereocenters. The summed E-state index contributed by atoms with van der Waals surface area (Å²) in [5.74, 6) is 1.44. The Morgan fingerprint density at radius 1 is 1.00 bits per heavy atom. The molecule has 2 aromatic carbocycles. The molecule has 3 nitrogen and oxygen atoms in total. The zero-order valence-corrected chi connectivity index (χ0v) is 12.4. The predicted molar refractivity (Wildman–Crippen MR) is 82.3 cm³/mol. The Morgan fingerprint density at radius 2 is 1.65 bits per heavy atom. The fraction of sp³-hybridized carbons (Fsp3) is 0.294. The van der Waals surface area contributed by atoms with Gasteiger partial charge >= 0.3 is 0 Å². The molecule has 0 amide bonds. The van der Waals surface area contributed by atoms with Gasteiger partial charge in [-0.1, -0.05) is 29.8 Å². The van der Waals surface area contributed by atoms with Crippen LogP contribution in [0.25, 0.3) is 11.1 Å². The topological polar surface area (TPSA) is 44.5 Å². The lowest BCUT2D eigenvalue weighted by Gasteiger charge is -2.17. The van der Waals surface area contributed by atoms with Gasteiger partial charge < -0.3 is 15.2 Å². The summed E-state index contributed by atoms with van der Waals surface area (Å²) in [6.07, 6.45) is 0. The van der Waals surface area contributed by atoms with Gasteiger partial charge in [0.15, 0.2) is 11.5 Å². The third-order valence-electron chi connectivity index (χ3n) is 3.39. The number of ether oxygens (including phenoxy) is 2. The minimum absolute atomic E-state index is 0.0565. The lowest BCUT2D eigenvalue weighted by Crippen LogP contribution is -2.06. The third-order valence-corrected chi connectivity index (χ3v) is 3.39. The highest BCUT2D eigenvalue weighted by Crippen LogP contribution is 2.40. The number of benzene rings is 2. The quantitative estimate of drug-likeness (QED) is 0.922. The smallest absolute Gasteiger partial charge is 0.168 e. The maximum absolute atomic E-state index is 6.00. The Labute approximate surface area is 120 Å². The number of nitrogens with two attached hydrogens (primary N) is 1. The van der Waals surface area contributed by atoms with E-state index in [1.54, 1.807) is 14.2 Å². The Hall–Kier alpha value is -2.00. The number of hydrogen-bond donors (Lipinski definition) is 1. The van der Waals surface area contributed by atoms with Gasteiger partial charge in [-0.25, -0.2) is 0 Å². The summed E-state index contributed by atoms with van der Waals surface area (Å²) in [4.78, 5) is 0. The second kappa shape index (κ2) is 5.97. The van der Waals surface area contributed by atoms with Crippen LogP contribution in [0.15, 0.2) is 36.4 Å². The molecule has 0 saturated heterocycles. The minimum atomic E-state index is -0.0565. The predicted octanol–water partition coefficient (Wildman–Crippen LogP) is 3.70. The fourth-order valence-corrected chi connectivity index (χ4v) is 2.20. The lowest BCUT2D eigenvalue weighted by atomic mass is 9.98. The van der Waals surface area contributed by atoms with Crippen LogP contribution in [0.4, 0.5) is 0 Å². The van der Waals surface area contributed by atoms with Gasteiger partial charge in [0.1, 0.15) is 0 Å². The van der Waals surface area contributed by atoms with Crippen molar-refractivity contribution in [2.24, 2.45) is 5.73 Å². The molecule has 0 fully saturated rings. The molecule has 0 heterocycles. The van der Waals surface area contributed by atoms with Gasteiger partial charge in [0, 0.05) is 11.6 Å². The van der Waals surface area contributed by atoms with E-state index in [1.165, 1.54) is 5.56 Å². The molecule has 3 heteroatoms. The molecule has 0 spiro atoms. The summed E-state index contributed by atoms with van der Waals surface area (Å²) >= 11 is 0. The van der Waals surface area contributed by atoms with E-state index in [-0.39, 0.29) is 6.04 Å². The van der Waals surface area contributed by atoms with Crippen molar-refractivity contribution < 1.29 is 9.47 Å². The third kappa shape index (κ3) is 2.78. The molecule has 0 aromatic heterocycles. The van der Waals surface area contributed by atoms with Crippen LogP contribution in [0.2, 0.25) is 0 Å². The van der Waals surface area contributed by atoms with E-state index in [0.29, 0.717) is 5.75 Å². The van der Waals surface area contributed by atoms with Gasteiger partial charge in [-0.3, -0.25) is 0 Å². The Morgan fingerprint density at radius 3 is 2.15 bits per heavy atom. The van der Waals surface area contributed by atoms with Crippen LogP contribution in [0.3, 0.4) is 0 Å². The van der Waals surface area contributed by atoms with Crippen molar-refractivity contribution in [3.05, 3.63) is 47.5 Å². The normalized spacial score (nSPS) is 12.1. The standard InChI is InChI=1S/C17H21NO2/c1-11-5-7-13(8-6-11)15-9-14(12(2)18)10-16(19-3)17(15)20-4/h5-10,12H,18H2,1-4H3. The number of methoxy groups -OCH3 is 2. The zero-order chi connectivity index (χ0) is 14.7. The monoisotopic (exact) mass is 271 g/mol. The van der Waals surface area contributed by atoms with Gasteiger partial charge in [0.05, 0.1) is 14.2 Å². The number of aryl methyl sites for hydroxylation is 1. The van der Waals surface area contributed by atoms with Gasteiger partial charge in [0.25, 0.3) is 0 Å². The SMILES string of the molecule is COc1cc(C(C)N)cc(-c2ccc(C)cc2)c1OC. The van der Waals surface area contributed by atoms with Crippen molar-refractivity contribution in [3.63, 3.8) is 0 Å². The van der Waals surface area contributed by atoms with Crippen molar-refractivity contribution in [3.8, 4) is 22.6 Å². The largest absolute Gasteiger partial charge is 0.493 e. The molecular weight excluding hydrogens is 250 g/mol. The van der Waals surface area contributed by atoms with Gasteiger partial charge in [-0.2, -0.15) is 0 Å². The highest BCUT2D eigenvalue weighted by molar-refractivity contribution is 5.75. The molecule has 0 aliphatic heterocycles. The molecule has 0 saturated carbocycles. The van der Waals surface area contributed by atoms with E-state index in [4.69, 9.17) is 15.2 Å². The second-order valence-corrected chi connectivity index (χ2v) is 4.96. The van der Waals surface area contributed by atoms with Crippen LogP contribution in [-0.2, 0) is 0 Å². The van der Waals surface area contributed by atoms with Gasteiger partial charge in [0.2, 0.25) is 0 Å². The average Bonchev–Trinajstić information content (AvgIpc) is 2.46. The maximum atomic E-state index is 6.00. The Kier molecular flexibility index (Phi) is 4.30. The average molecular weight is 271 g/mol. The summed E-state index contributed by atoms with van der Waals surface area (Å²) < 4.78 is 11.0. The van der Waals surface area contributed by atoms with E-state index >= 15 is 0 Å². The Bertz CT molecular complexity index is 589. The van der Waals surface area contributed by atoms with Crippen LogP contribution < -0.4 is 15.2 Å². The van der Waals surface area contributed by atoms with E-state index in [0.717, 1.165) is 22.4 Å². The molecule has 0 aliphatic rings. The summed E-state index contributed by atoms with van der Waals surface area (Å²) in [5.41, 5.74) is 10.3. The first kappa shape index (κ1) is 14.4. The van der Waals surface area contributed by atoms with Crippen molar-refractivity contribution >= 4 is 0 Å². The van der Waals surface area contributed by atoms with Gasteiger partial charge in [-0.15, -0.1) is 0 Å².